The largest absolute Gasteiger partial charge is 0.466 e. The maximum Gasteiger partial charge on any atom is 0.310 e. The van der Waals surface area contributed by atoms with Crippen molar-refractivity contribution in [1.29, 1.82) is 0 Å². The number of nitrogens with zero attached hydrogens (tertiary/aromatic N) is 3. The van der Waals surface area contributed by atoms with Gasteiger partial charge in [0.05, 0.1) is 18.6 Å². The number of piperidine rings is 1. The number of ether oxygens (including phenoxy) is 1. The van der Waals surface area contributed by atoms with Crippen molar-refractivity contribution >= 4 is 23.6 Å². The van der Waals surface area contributed by atoms with Crippen LogP contribution in [-0.4, -0.2) is 51.8 Å². The maximum absolute atomic E-state index is 12.6. The van der Waals surface area contributed by atoms with Crippen LogP contribution in [0.3, 0.4) is 0 Å². The molecule has 1 aromatic heterocycles. The summed E-state index contributed by atoms with van der Waals surface area (Å²) in [5.74, 6) is 0.195. The van der Waals surface area contributed by atoms with E-state index < -0.39 is 0 Å². The van der Waals surface area contributed by atoms with Crippen molar-refractivity contribution in [3.05, 3.63) is 22.6 Å². The molecule has 7 nitrogen and oxygen atoms in total. The van der Waals surface area contributed by atoms with Gasteiger partial charge >= 0.3 is 5.97 Å². The van der Waals surface area contributed by atoms with Gasteiger partial charge in [-0.1, -0.05) is 11.8 Å². The molecular weight excluding hydrogens is 330 g/mol. The first-order valence-electron chi connectivity index (χ1n) is 8.25. The van der Waals surface area contributed by atoms with Crippen LogP contribution in [-0.2, 0) is 14.3 Å². The number of rotatable bonds is 4. The molecule has 3 rings (SSSR count). The molecule has 0 bridgehead atoms. The molecule has 0 saturated carbocycles. The second kappa shape index (κ2) is 7.38. The molecule has 2 aliphatic heterocycles. The summed E-state index contributed by atoms with van der Waals surface area (Å²) in [6.07, 6.45) is 3.32. The van der Waals surface area contributed by atoms with Crippen molar-refractivity contribution in [2.24, 2.45) is 5.92 Å². The second-order valence-electron chi connectivity index (χ2n) is 6.04. The number of esters is 1. The molecule has 1 fully saturated rings. The van der Waals surface area contributed by atoms with E-state index >= 15 is 0 Å². The van der Waals surface area contributed by atoms with Crippen molar-refractivity contribution in [3.8, 4) is 0 Å². The van der Waals surface area contributed by atoms with Crippen molar-refractivity contribution in [1.82, 2.24) is 14.5 Å². The molecule has 3 heterocycles. The van der Waals surface area contributed by atoms with Gasteiger partial charge in [0, 0.05) is 37.5 Å². The van der Waals surface area contributed by atoms with Gasteiger partial charge in [-0.25, -0.2) is 4.98 Å². The van der Waals surface area contributed by atoms with Crippen molar-refractivity contribution < 1.29 is 14.3 Å². The summed E-state index contributed by atoms with van der Waals surface area (Å²) >= 11 is 1.50. The molecule has 130 valence electrons. The molecule has 1 saturated heterocycles. The van der Waals surface area contributed by atoms with E-state index in [2.05, 4.69) is 4.98 Å². The van der Waals surface area contributed by atoms with Gasteiger partial charge in [0.15, 0.2) is 5.16 Å². The average Bonchev–Trinajstić information content (AvgIpc) is 2.99. The van der Waals surface area contributed by atoms with Crippen LogP contribution in [0.15, 0.2) is 22.2 Å². The van der Waals surface area contributed by atoms with Crippen LogP contribution in [0.4, 0.5) is 0 Å². The van der Waals surface area contributed by atoms with Crippen molar-refractivity contribution in [2.75, 3.05) is 25.4 Å². The highest BCUT2D eigenvalue weighted by atomic mass is 32.2. The second-order valence-corrected chi connectivity index (χ2v) is 7.02. The Morgan fingerprint density at radius 3 is 3.08 bits per heavy atom. The van der Waals surface area contributed by atoms with E-state index in [0.29, 0.717) is 30.6 Å². The van der Waals surface area contributed by atoms with Crippen molar-refractivity contribution in [3.63, 3.8) is 0 Å². The van der Waals surface area contributed by atoms with Crippen LogP contribution < -0.4 is 5.56 Å². The topological polar surface area (TPSA) is 81.5 Å². The Morgan fingerprint density at radius 2 is 2.29 bits per heavy atom. The van der Waals surface area contributed by atoms with Gasteiger partial charge < -0.3 is 9.64 Å². The van der Waals surface area contributed by atoms with Gasteiger partial charge in [-0.05, 0) is 19.8 Å². The number of hydrogen-bond donors (Lipinski definition) is 0. The first kappa shape index (κ1) is 17.0. The minimum absolute atomic E-state index is 0.0156. The van der Waals surface area contributed by atoms with Gasteiger partial charge in [0.1, 0.15) is 0 Å². The maximum atomic E-state index is 12.6. The van der Waals surface area contributed by atoms with Crippen LogP contribution in [0.2, 0.25) is 0 Å². The Hall–Kier alpha value is -1.83. The molecule has 0 aromatic carbocycles. The molecule has 0 N–H and O–H groups in total. The first-order chi connectivity index (χ1) is 11.6. The van der Waals surface area contributed by atoms with Crippen LogP contribution in [0.1, 0.15) is 32.2 Å². The van der Waals surface area contributed by atoms with Gasteiger partial charge in [0.25, 0.3) is 5.56 Å². The highest BCUT2D eigenvalue weighted by Gasteiger charge is 2.32. The van der Waals surface area contributed by atoms with Gasteiger partial charge in [0.2, 0.25) is 5.91 Å². The minimum atomic E-state index is -0.239. The Labute approximate surface area is 144 Å². The molecule has 8 heteroatoms. The molecule has 0 unspecified atom stereocenters. The fraction of sp³-hybridized carbons (Fsp3) is 0.625. The first-order valence-corrected chi connectivity index (χ1v) is 9.23. The molecule has 0 aliphatic carbocycles. The highest BCUT2D eigenvalue weighted by Crippen LogP contribution is 2.32. The number of carbonyl (C=O) groups excluding carboxylic acids is 2. The van der Waals surface area contributed by atoms with E-state index in [4.69, 9.17) is 4.74 Å². The molecular formula is C16H21N3O4S. The minimum Gasteiger partial charge on any atom is -0.466 e. The predicted molar refractivity (Wildman–Crippen MR) is 88.8 cm³/mol. The fourth-order valence-electron chi connectivity index (χ4n) is 3.23. The lowest BCUT2D eigenvalue weighted by molar-refractivity contribution is -0.151. The van der Waals surface area contributed by atoms with Gasteiger partial charge in [-0.2, -0.15) is 0 Å². The smallest absolute Gasteiger partial charge is 0.310 e. The van der Waals surface area contributed by atoms with Gasteiger partial charge in [-0.3, -0.25) is 19.0 Å². The summed E-state index contributed by atoms with van der Waals surface area (Å²) in [6.45, 7) is 3.20. The monoisotopic (exact) mass is 351 g/mol. The number of fused-ring (bicyclic) bond motifs is 1. The molecule has 0 radical (unpaired) electrons. The lowest BCUT2D eigenvalue weighted by Crippen LogP contribution is -2.43. The third-order valence-corrected chi connectivity index (χ3v) is 5.53. The summed E-state index contributed by atoms with van der Waals surface area (Å²) in [6, 6.07) is 1.26. The van der Waals surface area contributed by atoms with E-state index in [1.807, 2.05) is 0 Å². The number of amides is 1. The number of aromatic nitrogens is 2. The van der Waals surface area contributed by atoms with E-state index in [1.54, 1.807) is 16.4 Å². The van der Waals surface area contributed by atoms with Gasteiger partial charge in [-0.15, -0.1) is 0 Å². The molecule has 2 atom stereocenters. The zero-order chi connectivity index (χ0) is 17.1. The SMILES string of the molecule is CCOC(=O)[C@@H]1CCCN(C(=O)C[C@H]2CSc3nccc(=O)n32)C1. The number of carbonyl (C=O) groups is 2. The van der Waals surface area contributed by atoms with Crippen LogP contribution in [0.5, 0.6) is 0 Å². The summed E-state index contributed by atoms with van der Waals surface area (Å²) in [4.78, 5) is 42.5. The third kappa shape index (κ3) is 3.48. The zero-order valence-corrected chi connectivity index (χ0v) is 14.5. The Balaban J connectivity index is 1.64. The van der Waals surface area contributed by atoms with E-state index in [1.165, 1.54) is 24.0 Å². The molecule has 1 amide bonds. The van der Waals surface area contributed by atoms with E-state index in [0.717, 1.165) is 12.8 Å². The number of likely N-dealkylation sites (tertiary alicyclic amines) is 1. The number of thioether (sulfide) groups is 1. The zero-order valence-electron chi connectivity index (χ0n) is 13.6. The molecule has 0 spiro atoms. The van der Waals surface area contributed by atoms with Crippen LogP contribution in [0, 0.1) is 5.92 Å². The number of hydrogen-bond acceptors (Lipinski definition) is 6. The lowest BCUT2D eigenvalue weighted by Gasteiger charge is -2.32. The summed E-state index contributed by atoms with van der Waals surface area (Å²) in [7, 11) is 0. The predicted octanol–water partition coefficient (Wildman–Crippen LogP) is 1.08. The highest BCUT2D eigenvalue weighted by molar-refractivity contribution is 7.99. The molecule has 24 heavy (non-hydrogen) atoms. The van der Waals surface area contributed by atoms with Crippen LogP contribution >= 0.6 is 11.8 Å². The summed E-state index contributed by atoms with van der Waals surface area (Å²) < 4.78 is 6.68. The normalized spacial score (nSPS) is 23.0. The standard InChI is InChI=1S/C16H21N3O4S/c1-2-23-15(22)11-4-3-7-18(9-11)14(21)8-12-10-24-16-17-6-5-13(20)19(12)16/h5-6,11-12H,2-4,7-10H2,1H3/t11-,12+/m1/s1. The Morgan fingerprint density at radius 1 is 1.46 bits per heavy atom. The summed E-state index contributed by atoms with van der Waals surface area (Å²) in [5.41, 5.74) is -0.120. The Kier molecular flexibility index (Phi) is 5.23. The quantitative estimate of drug-likeness (QED) is 0.596. The molecule has 1 aromatic rings. The van der Waals surface area contributed by atoms with Crippen LogP contribution in [0.25, 0.3) is 0 Å². The average molecular weight is 351 g/mol. The van der Waals surface area contributed by atoms with E-state index in [9.17, 15) is 14.4 Å². The Bertz CT molecular complexity index is 690. The third-order valence-electron chi connectivity index (χ3n) is 4.42. The lowest BCUT2D eigenvalue weighted by atomic mass is 9.97. The van der Waals surface area contributed by atoms with Crippen molar-refractivity contribution in [2.45, 2.75) is 37.4 Å². The van der Waals surface area contributed by atoms with E-state index in [-0.39, 0.29) is 35.8 Å². The fourth-order valence-corrected chi connectivity index (χ4v) is 4.35. The molecule has 2 aliphatic rings. The summed E-state index contributed by atoms with van der Waals surface area (Å²) in [5, 5.41) is 0.670.